The second-order valence-corrected chi connectivity index (χ2v) is 15.6. The second kappa shape index (κ2) is 14.3. The van der Waals surface area contributed by atoms with Gasteiger partial charge in [0.2, 0.25) is 0 Å². The highest BCUT2D eigenvalue weighted by Gasteiger charge is 2.24. The van der Waals surface area contributed by atoms with Crippen LogP contribution < -0.4 is 0 Å². The van der Waals surface area contributed by atoms with Gasteiger partial charge in [-0.15, -0.1) is 0 Å². The number of hydrogen-bond acceptors (Lipinski definition) is 3. The third-order valence-electron chi connectivity index (χ3n) is 12.0. The van der Waals surface area contributed by atoms with Crippen LogP contribution in [-0.2, 0) is 0 Å². The van der Waals surface area contributed by atoms with Crippen molar-refractivity contribution in [1.29, 1.82) is 0 Å². The predicted octanol–water partition coefficient (Wildman–Crippen LogP) is 14.8. The van der Waals surface area contributed by atoms with E-state index in [1.807, 2.05) is 18.2 Å². The molecule has 0 fully saturated rings. The molecule has 0 N–H and O–H groups in total. The highest BCUT2D eigenvalue weighted by atomic mass is 15.0. The van der Waals surface area contributed by atoms with Gasteiger partial charge >= 0.3 is 0 Å². The van der Waals surface area contributed by atoms with E-state index in [1.165, 1.54) is 43.2 Å². The summed E-state index contributed by atoms with van der Waals surface area (Å²) in [5.74, 6) is 1.86. The van der Waals surface area contributed by atoms with E-state index in [0.29, 0.717) is 17.5 Å². The van der Waals surface area contributed by atoms with E-state index in [9.17, 15) is 0 Å². The maximum Gasteiger partial charge on any atom is 0.164 e. The monoisotopic (exact) mass is 776 g/mol. The van der Waals surface area contributed by atoms with Crippen molar-refractivity contribution >= 4 is 54.1 Å². The molecule has 0 aliphatic rings. The van der Waals surface area contributed by atoms with Crippen molar-refractivity contribution in [3.63, 3.8) is 0 Å². The van der Waals surface area contributed by atoms with Crippen LogP contribution in [0.1, 0.15) is 0 Å². The Labute approximate surface area is 352 Å². The summed E-state index contributed by atoms with van der Waals surface area (Å²) >= 11 is 0. The molecule has 61 heavy (non-hydrogen) atoms. The van der Waals surface area contributed by atoms with E-state index >= 15 is 0 Å². The molecule has 0 atom stereocenters. The predicted molar refractivity (Wildman–Crippen MR) is 254 cm³/mol. The summed E-state index contributed by atoms with van der Waals surface area (Å²) in [6.45, 7) is 0. The van der Waals surface area contributed by atoms with Crippen LogP contribution in [0.4, 0.5) is 0 Å². The fraction of sp³-hybridized carbons (Fsp3) is 0. The van der Waals surface area contributed by atoms with Gasteiger partial charge in [-0.1, -0.05) is 188 Å². The Morgan fingerprint density at radius 1 is 0.279 bits per heavy atom. The van der Waals surface area contributed by atoms with Crippen molar-refractivity contribution in [3.8, 4) is 62.1 Å². The number of aromatic nitrogens is 4. The van der Waals surface area contributed by atoms with E-state index < -0.39 is 0 Å². The minimum absolute atomic E-state index is 0.610. The summed E-state index contributed by atoms with van der Waals surface area (Å²) in [4.78, 5) is 15.8. The average molecular weight is 777 g/mol. The first-order valence-corrected chi connectivity index (χ1v) is 20.7. The molecule has 2 heterocycles. The molecule has 4 nitrogen and oxygen atoms in total. The molecule has 12 rings (SSSR count). The molecule has 12 aromatic rings. The first kappa shape index (κ1) is 34.8. The second-order valence-electron chi connectivity index (χ2n) is 15.6. The Balaban J connectivity index is 1.21. The number of benzene rings is 10. The Morgan fingerprint density at radius 3 is 1.51 bits per heavy atom. The summed E-state index contributed by atoms with van der Waals surface area (Å²) in [5.41, 5.74) is 10.5. The third-order valence-corrected chi connectivity index (χ3v) is 12.0. The molecule has 0 bridgehead atoms. The van der Waals surface area contributed by atoms with Gasteiger partial charge in [-0.25, -0.2) is 15.0 Å². The molecule has 2 aromatic heterocycles. The molecule has 0 saturated heterocycles. The van der Waals surface area contributed by atoms with Crippen LogP contribution in [0.3, 0.4) is 0 Å². The molecule has 0 spiro atoms. The summed E-state index contributed by atoms with van der Waals surface area (Å²) < 4.78 is 2.50. The van der Waals surface area contributed by atoms with Gasteiger partial charge in [-0.05, 0) is 74.0 Å². The number of fused-ring (bicyclic) bond motifs is 7. The molecule has 0 aliphatic heterocycles. The van der Waals surface area contributed by atoms with Crippen LogP contribution in [0.5, 0.6) is 0 Å². The molecule has 10 aromatic carbocycles. The quantitative estimate of drug-likeness (QED) is 0.169. The Hall–Kier alpha value is -8.21. The fourth-order valence-electron chi connectivity index (χ4n) is 9.05. The van der Waals surface area contributed by atoms with E-state index in [4.69, 9.17) is 15.0 Å². The molecule has 0 unspecified atom stereocenters. The van der Waals surface area contributed by atoms with Gasteiger partial charge in [-0.3, -0.25) is 0 Å². The van der Waals surface area contributed by atoms with Gasteiger partial charge in [0.05, 0.1) is 16.7 Å². The van der Waals surface area contributed by atoms with Crippen molar-refractivity contribution in [2.75, 3.05) is 0 Å². The standard InChI is InChI=1S/C57H36N4/c1-4-17-38(18-5-1)48-36-53(61-52-34-44-26-13-12-25-43(44)33-50(52)47-31-30-40-21-14-15-27-46(40)54(47)61)49(39-19-6-2-7-20-39)35-51(48)57-59-55(41-22-8-3-9-23-41)58-56(60-57)45-29-28-37-16-10-11-24-42(37)32-45/h1-36H. The SMILES string of the molecule is c1ccc(-c2nc(-c3ccc4ccccc4c3)nc(-c3cc(-c4ccccc4)c(-n4c5cc6ccccc6cc5c5ccc6ccccc6c54)cc3-c3ccccc3)n2)cc1. The largest absolute Gasteiger partial charge is 0.308 e. The fourth-order valence-corrected chi connectivity index (χ4v) is 9.05. The normalized spacial score (nSPS) is 11.6. The molecular formula is C57H36N4. The zero-order valence-electron chi connectivity index (χ0n) is 33.1. The van der Waals surface area contributed by atoms with Crippen LogP contribution >= 0.6 is 0 Å². The topological polar surface area (TPSA) is 43.6 Å². The maximum atomic E-state index is 5.37. The maximum absolute atomic E-state index is 5.37. The molecular weight excluding hydrogens is 741 g/mol. The summed E-state index contributed by atoms with van der Waals surface area (Å²) in [5, 5.41) is 9.56. The lowest BCUT2D eigenvalue weighted by Gasteiger charge is -2.20. The van der Waals surface area contributed by atoms with Gasteiger partial charge in [0.15, 0.2) is 17.5 Å². The lowest BCUT2D eigenvalue weighted by Crippen LogP contribution is -2.04. The van der Waals surface area contributed by atoms with E-state index in [0.717, 1.165) is 55.5 Å². The Bertz CT molecular complexity index is 3630. The molecule has 4 heteroatoms. The van der Waals surface area contributed by atoms with E-state index in [2.05, 4.69) is 205 Å². The van der Waals surface area contributed by atoms with Crippen molar-refractivity contribution in [2.24, 2.45) is 0 Å². The summed E-state index contributed by atoms with van der Waals surface area (Å²) in [7, 11) is 0. The van der Waals surface area contributed by atoms with Crippen molar-refractivity contribution < 1.29 is 0 Å². The van der Waals surface area contributed by atoms with Crippen LogP contribution in [0.2, 0.25) is 0 Å². The van der Waals surface area contributed by atoms with Gasteiger partial charge in [0.1, 0.15) is 0 Å². The van der Waals surface area contributed by atoms with Crippen molar-refractivity contribution in [1.82, 2.24) is 19.5 Å². The van der Waals surface area contributed by atoms with Crippen LogP contribution in [0.25, 0.3) is 116 Å². The smallest absolute Gasteiger partial charge is 0.164 e. The number of rotatable bonds is 6. The van der Waals surface area contributed by atoms with Crippen LogP contribution in [-0.4, -0.2) is 19.5 Å². The molecule has 0 radical (unpaired) electrons. The van der Waals surface area contributed by atoms with Crippen molar-refractivity contribution in [3.05, 3.63) is 218 Å². The number of hydrogen-bond donors (Lipinski definition) is 0. The lowest BCUT2D eigenvalue weighted by molar-refractivity contribution is 1.07. The third kappa shape index (κ3) is 5.96. The zero-order valence-corrected chi connectivity index (χ0v) is 33.1. The van der Waals surface area contributed by atoms with E-state index in [-0.39, 0.29) is 0 Å². The van der Waals surface area contributed by atoms with Crippen LogP contribution in [0.15, 0.2) is 218 Å². The zero-order chi connectivity index (χ0) is 40.3. The van der Waals surface area contributed by atoms with Gasteiger partial charge < -0.3 is 4.57 Å². The highest BCUT2D eigenvalue weighted by Crippen LogP contribution is 2.45. The Kier molecular flexibility index (Phi) is 8.13. The minimum atomic E-state index is 0.610. The molecule has 0 aliphatic carbocycles. The lowest BCUT2D eigenvalue weighted by atomic mass is 9.92. The molecule has 284 valence electrons. The Morgan fingerprint density at radius 2 is 0.803 bits per heavy atom. The van der Waals surface area contributed by atoms with Gasteiger partial charge in [-0.2, -0.15) is 0 Å². The van der Waals surface area contributed by atoms with Crippen molar-refractivity contribution in [2.45, 2.75) is 0 Å². The number of nitrogens with zero attached hydrogens (tertiary/aromatic N) is 4. The molecule has 0 saturated carbocycles. The van der Waals surface area contributed by atoms with Crippen LogP contribution in [0, 0.1) is 0 Å². The average Bonchev–Trinajstić information content (AvgIpc) is 3.66. The minimum Gasteiger partial charge on any atom is -0.308 e. The van der Waals surface area contributed by atoms with Gasteiger partial charge in [0, 0.05) is 38.4 Å². The first-order valence-electron chi connectivity index (χ1n) is 20.7. The van der Waals surface area contributed by atoms with E-state index in [1.54, 1.807) is 0 Å². The first-order chi connectivity index (χ1) is 30.2. The summed E-state index contributed by atoms with van der Waals surface area (Å²) in [6.07, 6.45) is 0. The van der Waals surface area contributed by atoms with Gasteiger partial charge in [0.25, 0.3) is 0 Å². The molecule has 0 amide bonds. The summed E-state index contributed by atoms with van der Waals surface area (Å²) in [6, 6.07) is 77.8. The highest BCUT2D eigenvalue weighted by molar-refractivity contribution is 6.21.